The third-order valence-corrected chi connectivity index (χ3v) is 8.17. The number of aromatic nitrogens is 2. The number of nitrogens with zero attached hydrogens (tertiary/aromatic N) is 4. The Hall–Kier alpha value is -2.61. The standard InChI is InChI=1S/C27H40N6O2/c1-20-16-21(17-22-19-28-30-25(20)22)18-24(29-27(35)33-12-6-3-7-13-33)26(34)32-14-8-23(9-15-32)31-10-4-2-5-11-31/h16-17,19,23-24H,2-15,18H2,1H3,(H,28,30)(H,29,35). The van der Waals surface area contributed by atoms with Crippen molar-refractivity contribution in [2.24, 2.45) is 0 Å². The average molecular weight is 481 g/mol. The molecule has 35 heavy (non-hydrogen) atoms. The van der Waals surface area contributed by atoms with Crippen molar-refractivity contribution in [2.45, 2.75) is 76.8 Å². The minimum Gasteiger partial charge on any atom is -0.341 e. The summed E-state index contributed by atoms with van der Waals surface area (Å²) in [6.07, 6.45) is 11.5. The first-order valence-electron chi connectivity index (χ1n) is 13.6. The van der Waals surface area contributed by atoms with Crippen molar-refractivity contribution >= 4 is 22.8 Å². The molecule has 0 spiro atoms. The third-order valence-electron chi connectivity index (χ3n) is 8.17. The number of hydrogen-bond donors (Lipinski definition) is 2. The SMILES string of the molecule is Cc1cc(CC(NC(=O)N2CCCCC2)C(=O)N2CCC(N3CCCCC3)CC2)cc2cn[nH]c12. The molecule has 4 heterocycles. The Morgan fingerprint density at radius 2 is 1.66 bits per heavy atom. The molecule has 3 saturated heterocycles. The Bertz CT molecular complexity index is 1020. The summed E-state index contributed by atoms with van der Waals surface area (Å²) < 4.78 is 0. The van der Waals surface area contributed by atoms with Gasteiger partial charge in [-0.05, 0) is 82.2 Å². The number of urea groups is 1. The summed E-state index contributed by atoms with van der Waals surface area (Å²) in [4.78, 5) is 33.4. The number of aryl methyl sites for hydroxylation is 1. The first-order valence-corrected chi connectivity index (χ1v) is 13.6. The maximum atomic E-state index is 13.8. The van der Waals surface area contributed by atoms with Crippen molar-refractivity contribution in [3.8, 4) is 0 Å². The van der Waals surface area contributed by atoms with Gasteiger partial charge in [0.1, 0.15) is 6.04 Å². The molecule has 2 N–H and O–H groups in total. The van der Waals surface area contributed by atoms with Crippen LogP contribution in [0.2, 0.25) is 0 Å². The lowest BCUT2D eigenvalue weighted by Gasteiger charge is -2.41. The molecule has 0 bridgehead atoms. The van der Waals surface area contributed by atoms with Crippen molar-refractivity contribution in [2.75, 3.05) is 39.3 Å². The van der Waals surface area contributed by atoms with Crippen LogP contribution in [-0.2, 0) is 11.2 Å². The highest BCUT2D eigenvalue weighted by Gasteiger charge is 2.32. The number of aromatic amines is 1. The van der Waals surface area contributed by atoms with Gasteiger partial charge in [0.05, 0.1) is 11.7 Å². The molecule has 2 aromatic rings. The Morgan fingerprint density at radius 3 is 2.37 bits per heavy atom. The van der Waals surface area contributed by atoms with Crippen LogP contribution in [0, 0.1) is 6.92 Å². The molecule has 0 radical (unpaired) electrons. The fourth-order valence-corrected chi connectivity index (χ4v) is 6.16. The van der Waals surface area contributed by atoms with E-state index >= 15 is 0 Å². The summed E-state index contributed by atoms with van der Waals surface area (Å²) in [5.74, 6) is 0.0531. The summed E-state index contributed by atoms with van der Waals surface area (Å²) in [6.45, 7) is 7.54. The second-order valence-corrected chi connectivity index (χ2v) is 10.7. The molecule has 3 amide bonds. The van der Waals surface area contributed by atoms with E-state index in [0.29, 0.717) is 12.5 Å². The van der Waals surface area contributed by atoms with Gasteiger partial charge in [-0.2, -0.15) is 5.10 Å². The lowest BCUT2D eigenvalue weighted by molar-refractivity contribution is -0.134. The van der Waals surface area contributed by atoms with E-state index in [1.165, 1.54) is 38.8 Å². The third kappa shape index (κ3) is 5.63. The molecule has 3 aliphatic rings. The van der Waals surface area contributed by atoms with Crippen molar-refractivity contribution in [3.05, 3.63) is 29.5 Å². The van der Waals surface area contributed by atoms with Crippen LogP contribution in [0.25, 0.3) is 10.9 Å². The van der Waals surface area contributed by atoms with Gasteiger partial charge in [0.2, 0.25) is 5.91 Å². The maximum Gasteiger partial charge on any atom is 0.318 e. The summed E-state index contributed by atoms with van der Waals surface area (Å²) in [7, 11) is 0. The zero-order valence-electron chi connectivity index (χ0n) is 21.1. The molecular weight excluding hydrogens is 440 g/mol. The Kier molecular flexibility index (Phi) is 7.56. The predicted molar refractivity (Wildman–Crippen MR) is 137 cm³/mol. The largest absolute Gasteiger partial charge is 0.341 e. The number of carbonyl (C=O) groups excluding carboxylic acids is 2. The van der Waals surface area contributed by atoms with Crippen LogP contribution in [0.5, 0.6) is 0 Å². The number of piperidine rings is 3. The van der Waals surface area contributed by atoms with Gasteiger partial charge in [-0.1, -0.05) is 12.5 Å². The topological polar surface area (TPSA) is 84.6 Å². The van der Waals surface area contributed by atoms with E-state index in [0.717, 1.165) is 73.9 Å². The monoisotopic (exact) mass is 480 g/mol. The first-order chi connectivity index (χ1) is 17.1. The Morgan fingerprint density at radius 1 is 0.971 bits per heavy atom. The highest BCUT2D eigenvalue weighted by Crippen LogP contribution is 2.23. The maximum absolute atomic E-state index is 13.8. The van der Waals surface area contributed by atoms with E-state index in [4.69, 9.17) is 0 Å². The van der Waals surface area contributed by atoms with Gasteiger partial charge in [0, 0.05) is 44.0 Å². The van der Waals surface area contributed by atoms with E-state index in [2.05, 4.69) is 39.5 Å². The second-order valence-electron chi connectivity index (χ2n) is 10.7. The van der Waals surface area contributed by atoms with Crippen LogP contribution >= 0.6 is 0 Å². The molecule has 190 valence electrons. The molecule has 5 rings (SSSR count). The number of hydrogen-bond acceptors (Lipinski definition) is 4. The Balaban J connectivity index is 1.29. The van der Waals surface area contributed by atoms with E-state index in [1.54, 1.807) is 0 Å². The van der Waals surface area contributed by atoms with E-state index in [1.807, 2.05) is 16.0 Å². The minimum absolute atomic E-state index is 0.0531. The quantitative estimate of drug-likeness (QED) is 0.687. The minimum atomic E-state index is -0.556. The predicted octanol–water partition coefficient (Wildman–Crippen LogP) is 3.45. The summed E-state index contributed by atoms with van der Waals surface area (Å²) in [6, 6.07) is 4.12. The van der Waals surface area contributed by atoms with Crippen LogP contribution in [0.15, 0.2) is 18.3 Å². The number of nitrogens with one attached hydrogen (secondary N) is 2. The lowest BCUT2D eigenvalue weighted by Crippen LogP contribution is -2.56. The molecule has 8 heteroatoms. The molecule has 3 aliphatic heterocycles. The zero-order chi connectivity index (χ0) is 24.2. The number of benzene rings is 1. The number of H-pyrrole nitrogens is 1. The molecular formula is C27H40N6O2. The van der Waals surface area contributed by atoms with Crippen LogP contribution in [0.3, 0.4) is 0 Å². The molecule has 0 aliphatic carbocycles. The van der Waals surface area contributed by atoms with Gasteiger partial charge in [0.15, 0.2) is 0 Å². The van der Waals surface area contributed by atoms with Crippen molar-refractivity contribution < 1.29 is 9.59 Å². The molecule has 1 aromatic carbocycles. The number of carbonyl (C=O) groups is 2. The van der Waals surface area contributed by atoms with Gasteiger partial charge in [-0.15, -0.1) is 0 Å². The average Bonchev–Trinajstić information content (AvgIpc) is 3.38. The van der Waals surface area contributed by atoms with Crippen molar-refractivity contribution in [1.29, 1.82) is 0 Å². The Labute approximate surface area is 208 Å². The molecule has 8 nitrogen and oxygen atoms in total. The van der Waals surface area contributed by atoms with Gasteiger partial charge >= 0.3 is 6.03 Å². The van der Waals surface area contributed by atoms with Crippen LogP contribution in [0.4, 0.5) is 4.79 Å². The van der Waals surface area contributed by atoms with Crippen molar-refractivity contribution in [1.82, 2.24) is 30.2 Å². The molecule has 3 fully saturated rings. The number of rotatable bonds is 5. The number of likely N-dealkylation sites (tertiary alicyclic amines) is 3. The highest BCUT2D eigenvalue weighted by atomic mass is 16.2. The molecule has 1 atom stereocenters. The first kappa shape index (κ1) is 24.1. The zero-order valence-corrected chi connectivity index (χ0v) is 21.1. The smallest absolute Gasteiger partial charge is 0.318 e. The van der Waals surface area contributed by atoms with Gasteiger partial charge in [-0.25, -0.2) is 4.79 Å². The lowest BCUT2D eigenvalue weighted by atomic mass is 9.97. The number of amides is 3. The van der Waals surface area contributed by atoms with Crippen LogP contribution in [0.1, 0.15) is 62.5 Å². The van der Waals surface area contributed by atoms with Crippen LogP contribution in [-0.4, -0.2) is 88.2 Å². The van der Waals surface area contributed by atoms with Gasteiger partial charge in [0.25, 0.3) is 0 Å². The molecule has 1 aromatic heterocycles. The van der Waals surface area contributed by atoms with Gasteiger partial charge < -0.3 is 20.0 Å². The fourth-order valence-electron chi connectivity index (χ4n) is 6.16. The second kappa shape index (κ2) is 11.0. The summed E-state index contributed by atoms with van der Waals surface area (Å²) >= 11 is 0. The molecule has 1 unspecified atom stereocenters. The number of fused-ring (bicyclic) bond motifs is 1. The van der Waals surface area contributed by atoms with E-state index in [9.17, 15) is 9.59 Å². The highest BCUT2D eigenvalue weighted by molar-refractivity contribution is 5.88. The normalized spacial score (nSPS) is 21.3. The van der Waals surface area contributed by atoms with Gasteiger partial charge in [-0.3, -0.25) is 9.89 Å². The molecule has 0 saturated carbocycles. The van der Waals surface area contributed by atoms with E-state index < -0.39 is 6.04 Å². The summed E-state index contributed by atoms with van der Waals surface area (Å²) in [5, 5.41) is 11.4. The van der Waals surface area contributed by atoms with Crippen molar-refractivity contribution in [3.63, 3.8) is 0 Å². The van der Waals surface area contributed by atoms with Crippen LogP contribution < -0.4 is 5.32 Å². The fraction of sp³-hybridized carbons (Fsp3) is 0.667. The van der Waals surface area contributed by atoms with E-state index in [-0.39, 0.29) is 11.9 Å². The summed E-state index contributed by atoms with van der Waals surface area (Å²) in [5.41, 5.74) is 3.18.